The highest BCUT2D eigenvalue weighted by Crippen LogP contribution is 2.32. The van der Waals surface area contributed by atoms with Crippen molar-refractivity contribution < 1.29 is 19.4 Å². The van der Waals surface area contributed by atoms with Crippen LogP contribution >= 0.6 is 0 Å². The second-order valence-corrected chi connectivity index (χ2v) is 11.9. The Hall–Kier alpha value is -4.43. The molecule has 0 atom stereocenters. The van der Waals surface area contributed by atoms with Crippen LogP contribution in [-0.4, -0.2) is 46.4 Å². The summed E-state index contributed by atoms with van der Waals surface area (Å²) in [4.78, 5) is 32.7. The minimum atomic E-state index is -0.446. The lowest BCUT2D eigenvalue weighted by atomic mass is 9.99. The van der Waals surface area contributed by atoms with Crippen LogP contribution in [-0.2, 0) is 16.1 Å². The van der Waals surface area contributed by atoms with Crippen molar-refractivity contribution in [2.45, 2.75) is 71.9 Å². The number of H-pyrrole nitrogens is 1. The van der Waals surface area contributed by atoms with Crippen LogP contribution < -0.4 is 10.6 Å². The third kappa shape index (κ3) is 9.28. The zero-order valence-electron chi connectivity index (χ0n) is 26.2. The first-order valence-corrected chi connectivity index (χ1v) is 15.4. The molecule has 3 aromatic carbocycles. The molecule has 0 saturated carbocycles. The van der Waals surface area contributed by atoms with Crippen LogP contribution in [0, 0.1) is 0 Å². The summed E-state index contributed by atoms with van der Waals surface area (Å²) < 4.78 is 5.36. The minimum Gasteiger partial charge on any atom is -0.494 e. The Morgan fingerprint density at radius 3 is 2.36 bits per heavy atom. The first-order valence-electron chi connectivity index (χ1n) is 15.4. The van der Waals surface area contributed by atoms with E-state index in [1.54, 1.807) is 6.07 Å². The average Bonchev–Trinajstić information content (AvgIpc) is 3.32. The zero-order chi connectivity index (χ0) is 31.5. The topological polar surface area (TPSA) is 116 Å². The maximum atomic E-state index is 12.8. The Bertz CT molecular complexity index is 1570. The van der Waals surface area contributed by atoms with Crippen LogP contribution in [0.3, 0.4) is 0 Å². The number of aromatic amines is 1. The lowest BCUT2D eigenvalue weighted by molar-refractivity contribution is -0.154. The van der Waals surface area contributed by atoms with Gasteiger partial charge in [0.1, 0.15) is 5.60 Å². The monoisotopic (exact) mass is 596 g/mol. The third-order valence-electron chi connectivity index (χ3n) is 7.05. The van der Waals surface area contributed by atoms with E-state index in [9.17, 15) is 14.7 Å². The van der Waals surface area contributed by atoms with Crippen LogP contribution in [0.1, 0.15) is 86.8 Å². The van der Waals surface area contributed by atoms with Gasteiger partial charge in [-0.2, -0.15) is 0 Å². The molecule has 0 aliphatic rings. The van der Waals surface area contributed by atoms with E-state index < -0.39 is 5.60 Å². The Morgan fingerprint density at radius 1 is 0.909 bits per heavy atom. The van der Waals surface area contributed by atoms with Crippen LogP contribution in [0.15, 0.2) is 77.8 Å². The number of ether oxygens (including phenoxy) is 1. The van der Waals surface area contributed by atoms with Crippen molar-refractivity contribution in [3.63, 3.8) is 0 Å². The van der Waals surface area contributed by atoms with Gasteiger partial charge in [-0.25, -0.2) is 4.99 Å². The second kappa shape index (κ2) is 15.3. The van der Waals surface area contributed by atoms with E-state index in [0.29, 0.717) is 36.3 Å². The van der Waals surface area contributed by atoms with Gasteiger partial charge in [0.15, 0.2) is 5.88 Å². The molecular formula is C36H44N4O4. The summed E-state index contributed by atoms with van der Waals surface area (Å²) >= 11 is 0. The summed E-state index contributed by atoms with van der Waals surface area (Å²) in [5, 5.41) is 18.2. The molecule has 0 aliphatic carbocycles. The normalized spacial score (nSPS) is 12.0. The van der Waals surface area contributed by atoms with Crippen molar-refractivity contribution in [3.8, 4) is 5.88 Å². The Kier molecular flexibility index (Phi) is 11.3. The van der Waals surface area contributed by atoms with E-state index in [2.05, 4.69) is 22.5 Å². The van der Waals surface area contributed by atoms with Gasteiger partial charge in [-0.1, -0.05) is 55.8 Å². The molecule has 232 valence electrons. The number of amides is 1. The number of hydrogen-bond acceptors (Lipinski definition) is 6. The summed E-state index contributed by atoms with van der Waals surface area (Å²) in [6, 6.07) is 23.1. The van der Waals surface area contributed by atoms with E-state index >= 15 is 0 Å². The highest BCUT2D eigenvalue weighted by Gasteiger charge is 2.20. The summed E-state index contributed by atoms with van der Waals surface area (Å²) in [6.45, 7) is 9.85. The van der Waals surface area contributed by atoms with Gasteiger partial charge in [0.05, 0.1) is 17.0 Å². The molecule has 1 aromatic heterocycles. The second-order valence-electron chi connectivity index (χ2n) is 11.9. The molecule has 44 heavy (non-hydrogen) atoms. The van der Waals surface area contributed by atoms with Gasteiger partial charge in [-0.15, -0.1) is 0 Å². The van der Waals surface area contributed by atoms with Gasteiger partial charge < -0.3 is 25.5 Å². The molecule has 0 radical (unpaired) electrons. The molecule has 8 nitrogen and oxygen atoms in total. The van der Waals surface area contributed by atoms with Gasteiger partial charge in [0.2, 0.25) is 0 Å². The van der Waals surface area contributed by atoms with Crippen molar-refractivity contribution in [1.29, 1.82) is 0 Å². The number of hydrogen-bond donors (Lipinski definition) is 4. The number of nitrogens with zero attached hydrogens (tertiary/aromatic N) is 1. The van der Waals surface area contributed by atoms with Crippen molar-refractivity contribution in [2.24, 2.45) is 4.99 Å². The summed E-state index contributed by atoms with van der Waals surface area (Å²) in [5.74, 6) is -0.297. The molecule has 4 N–H and O–H groups in total. The van der Waals surface area contributed by atoms with Crippen LogP contribution in [0.25, 0.3) is 10.9 Å². The molecule has 8 heteroatoms. The van der Waals surface area contributed by atoms with Crippen LogP contribution in [0.4, 0.5) is 5.69 Å². The number of aliphatic imine (C=N–C) groups is 1. The number of nitrogens with one attached hydrogen (secondary N) is 3. The summed E-state index contributed by atoms with van der Waals surface area (Å²) in [5.41, 5.74) is 4.66. The predicted molar refractivity (Wildman–Crippen MR) is 177 cm³/mol. The highest BCUT2D eigenvalue weighted by molar-refractivity contribution is 6.22. The molecule has 0 saturated heterocycles. The van der Waals surface area contributed by atoms with E-state index in [1.165, 1.54) is 0 Å². The molecule has 0 aliphatic heterocycles. The molecule has 1 heterocycles. The fourth-order valence-electron chi connectivity index (χ4n) is 4.86. The molecule has 4 rings (SSSR count). The number of carbonyl (C=O) groups is 2. The first kappa shape index (κ1) is 32.5. The van der Waals surface area contributed by atoms with Crippen LogP contribution in [0.5, 0.6) is 5.88 Å². The standard InChI is InChI=1S/C36H44N4O4/c1-5-6-22-38-34(42)27-17-20-30-29(23-27)32(35(43)40-30)33(26-12-8-7-9-13-26)39-28-18-15-25(16-19-28)24-37-21-11-10-14-31(41)44-36(2,3)4/h7-9,12-13,15-20,23,37,40,43H,5-6,10-11,14,21-22,24H2,1-4H3,(H,38,42). The number of carbonyl (C=O) groups excluding carboxylic acids is 2. The van der Waals surface area contributed by atoms with Gasteiger partial charge in [-0.05, 0) is 82.5 Å². The van der Waals surface area contributed by atoms with Crippen molar-refractivity contribution in [2.75, 3.05) is 13.1 Å². The van der Waals surface area contributed by atoms with E-state index in [4.69, 9.17) is 9.73 Å². The molecule has 0 bridgehead atoms. The fourth-order valence-corrected chi connectivity index (χ4v) is 4.86. The number of unbranched alkanes of at least 4 members (excludes halogenated alkanes) is 2. The van der Waals surface area contributed by atoms with Crippen molar-refractivity contribution in [1.82, 2.24) is 15.6 Å². The van der Waals surface area contributed by atoms with Gasteiger partial charge in [0, 0.05) is 41.5 Å². The summed E-state index contributed by atoms with van der Waals surface area (Å²) in [7, 11) is 0. The molecule has 0 spiro atoms. The number of aromatic nitrogens is 1. The Labute approximate surface area is 260 Å². The lowest BCUT2D eigenvalue weighted by Gasteiger charge is -2.19. The van der Waals surface area contributed by atoms with Crippen molar-refractivity contribution in [3.05, 3.63) is 95.1 Å². The van der Waals surface area contributed by atoms with Crippen LogP contribution in [0.2, 0.25) is 0 Å². The Balaban J connectivity index is 1.49. The lowest BCUT2D eigenvalue weighted by Crippen LogP contribution is -2.24. The number of fused-ring (bicyclic) bond motifs is 1. The van der Waals surface area contributed by atoms with Gasteiger partial charge >= 0.3 is 5.97 Å². The minimum absolute atomic E-state index is 0.00127. The third-order valence-corrected chi connectivity index (χ3v) is 7.05. The molecule has 1 amide bonds. The molecular weight excluding hydrogens is 552 g/mol. The van der Waals surface area contributed by atoms with E-state index in [-0.39, 0.29) is 17.8 Å². The fraction of sp³-hybridized carbons (Fsp3) is 0.361. The van der Waals surface area contributed by atoms with E-state index in [1.807, 2.05) is 87.5 Å². The van der Waals surface area contributed by atoms with Gasteiger partial charge in [0.25, 0.3) is 5.91 Å². The number of rotatable bonds is 14. The average molecular weight is 597 g/mol. The first-order chi connectivity index (χ1) is 21.1. The van der Waals surface area contributed by atoms with Crippen molar-refractivity contribution >= 4 is 34.2 Å². The predicted octanol–water partition coefficient (Wildman–Crippen LogP) is 7.17. The van der Waals surface area contributed by atoms with E-state index in [0.717, 1.165) is 59.9 Å². The maximum absolute atomic E-state index is 12.8. The molecule has 0 unspecified atom stereocenters. The smallest absolute Gasteiger partial charge is 0.306 e. The van der Waals surface area contributed by atoms with Gasteiger partial charge in [-0.3, -0.25) is 9.59 Å². The quantitative estimate of drug-likeness (QED) is 0.0700. The number of aromatic hydroxyl groups is 1. The Morgan fingerprint density at radius 2 is 1.66 bits per heavy atom. The largest absolute Gasteiger partial charge is 0.494 e. The number of esters is 1. The number of benzene rings is 3. The molecule has 4 aromatic rings. The zero-order valence-corrected chi connectivity index (χ0v) is 26.2. The summed E-state index contributed by atoms with van der Waals surface area (Å²) in [6.07, 6.45) is 4.01. The maximum Gasteiger partial charge on any atom is 0.306 e. The molecule has 0 fully saturated rings. The SMILES string of the molecule is CCCCNC(=O)c1ccc2[nH]c(O)c(C(=Nc3ccc(CNCCCCC(=O)OC(C)(C)C)cc3)c3ccccc3)c2c1. The highest BCUT2D eigenvalue weighted by atomic mass is 16.6.